The molecule has 2 aromatic carbocycles. The van der Waals surface area contributed by atoms with Gasteiger partial charge < -0.3 is 9.87 Å². The fourth-order valence-corrected chi connectivity index (χ4v) is 4.02. The lowest BCUT2D eigenvalue weighted by Gasteiger charge is -2.11. The number of aryl methyl sites for hydroxylation is 1. The van der Waals surface area contributed by atoms with Gasteiger partial charge in [0.2, 0.25) is 0 Å². The molecule has 1 amide bonds. The van der Waals surface area contributed by atoms with Crippen molar-refractivity contribution in [2.45, 2.75) is 11.3 Å². The van der Waals surface area contributed by atoms with Gasteiger partial charge in [0.25, 0.3) is 5.91 Å². The van der Waals surface area contributed by atoms with Crippen LogP contribution in [-0.4, -0.2) is 38.0 Å². The van der Waals surface area contributed by atoms with Gasteiger partial charge in [-0.25, -0.2) is 9.37 Å². The molecule has 2 aromatic heterocycles. The summed E-state index contributed by atoms with van der Waals surface area (Å²) in [5.41, 5.74) is 3.09. The first-order chi connectivity index (χ1) is 15.2. The van der Waals surface area contributed by atoms with Crippen molar-refractivity contribution in [2.75, 3.05) is 12.8 Å². The first-order valence-corrected chi connectivity index (χ1v) is 11.8. The Morgan fingerprint density at radius 3 is 2.50 bits per heavy atom. The molecule has 0 bridgehead atoms. The van der Waals surface area contributed by atoms with E-state index in [0.29, 0.717) is 40.8 Å². The maximum absolute atomic E-state index is 13.1. The highest BCUT2D eigenvalue weighted by Gasteiger charge is 2.18. The minimum atomic E-state index is -3.31. The van der Waals surface area contributed by atoms with Gasteiger partial charge in [-0.3, -0.25) is 9.48 Å². The molecule has 1 atom stereocenters. The molecule has 4 aromatic rings. The summed E-state index contributed by atoms with van der Waals surface area (Å²) >= 11 is 0. The number of fused-ring (bicyclic) bond motifs is 1. The molecule has 0 spiro atoms. The van der Waals surface area contributed by atoms with Gasteiger partial charge in [-0.1, -0.05) is 12.1 Å². The molecular formula is C23H21FN4O3S. The summed E-state index contributed by atoms with van der Waals surface area (Å²) in [6.45, 7) is 0.382. The Kier molecular flexibility index (Phi) is 5.86. The zero-order valence-corrected chi connectivity index (χ0v) is 18.4. The minimum Gasteiger partial charge on any atom is -0.610 e. The van der Waals surface area contributed by atoms with Crippen LogP contribution in [0.15, 0.2) is 65.7 Å². The summed E-state index contributed by atoms with van der Waals surface area (Å²) in [6, 6.07) is 14.2. The van der Waals surface area contributed by atoms with Gasteiger partial charge in [-0.2, -0.15) is 5.10 Å². The lowest BCUT2D eigenvalue weighted by atomic mass is 10.1. The summed E-state index contributed by atoms with van der Waals surface area (Å²) in [4.78, 5) is 17.8. The van der Waals surface area contributed by atoms with Gasteiger partial charge in [-0.15, -0.1) is 4.21 Å². The molecule has 7 nitrogen and oxygen atoms in total. The zero-order chi connectivity index (χ0) is 22.9. The second-order valence-corrected chi connectivity index (χ2v) is 9.51. The van der Waals surface area contributed by atoms with Gasteiger partial charge in [0, 0.05) is 19.2 Å². The van der Waals surface area contributed by atoms with E-state index in [1.807, 2.05) is 0 Å². The number of carbonyl (C=O) groups is 1. The van der Waals surface area contributed by atoms with Gasteiger partial charge >= 0.3 is 0 Å². The van der Waals surface area contributed by atoms with Crippen molar-refractivity contribution < 1.29 is 17.9 Å². The zero-order valence-electron chi connectivity index (χ0n) is 17.5. The molecule has 0 radical (unpaired) electrons. The SMILES string of the molecule is Cn1ncc2c(C(=O)NCCc3ccc(F)cc3)cc(-c3ccc([S+](C)(=O)[O-])cc3)nc21. The van der Waals surface area contributed by atoms with Crippen LogP contribution in [0.5, 0.6) is 0 Å². The Bertz CT molecular complexity index is 1330. The number of benzene rings is 2. The molecule has 164 valence electrons. The fourth-order valence-electron chi connectivity index (χ4n) is 3.39. The summed E-state index contributed by atoms with van der Waals surface area (Å²) in [6.07, 6.45) is 3.30. The largest absolute Gasteiger partial charge is 0.610 e. The Balaban J connectivity index is 1.61. The van der Waals surface area contributed by atoms with Crippen molar-refractivity contribution in [3.05, 3.63) is 77.7 Å². The third-order valence-corrected chi connectivity index (χ3v) is 6.27. The van der Waals surface area contributed by atoms with Crippen LogP contribution in [0.25, 0.3) is 22.3 Å². The summed E-state index contributed by atoms with van der Waals surface area (Å²) in [5.74, 6) is -0.577. The molecule has 1 unspecified atom stereocenters. The molecule has 4 rings (SSSR count). The van der Waals surface area contributed by atoms with Crippen LogP contribution >= 0.6 is 0 Å². The Morgan fingerprint density at radius 1 is 1.16 bits per heavy atom. The monoisotopic (exact) mass is 452 g/mol. The van der Waals surface area contributed by atoms with Crippen LogP contribution in [0.3, 0.4) is 0 Å². The van der Waals surface area contributed by atoms with Crippen molar-refractivity contribution in [1.29, 1.82) is 0 Å². The number of nitrogens with one attached hydrogen (secondary N) is 1. The Labute approximate surface area is 185 Å². The molecule has 1 N–H and O–H groups in total. The number of aromatic nitrogens is 3. The van der Waals surface area contributed by atoms with E-state index in [2.05, 4.69) is 15.4 Å². The molecule has 0 saturated heterocycles. The van der Waals surface area contributed by atoms with Crippen molar-refractivity contribution in [2.24, 2.45) is 7.05 Å². The van der Waals surface area contributed by atoms with Crippen molar-refractivity contribution >= 4 is 27.2 Å². The number of sulfone groups is 1. The number of rotatable bonds is 6. The number of carbonyl (C=O) groups excluding carboxylic acids is 1. The standard InChI is InChI=1S/C23H21FN4O3S/c1-28-22-20(14-26-28)19(23(29)25-12-11-15-3-7-17(24)8-4-15)13-21(27-22)16-5-9-18(10-6-16)32(2,30)31/h3-10,13-14H,11-12H2,1-2H3,(H-,25,29,30,31). The van der Waals surface area contributed by atoms with Gasteiger partial charge in [-0.05, 0) is 54.4 Å². The fraction of sp³-hybridized carbons (Fsp3) is 0.174. The Morgan fingerprint density at radius 2 is 1.84 bits per heavy atom. The van der Waals surface area contributed by atoms with Gasteiger partial charge in [0.15, 0.2) is 10.5 Å². The molecule has 0 fully saturated rings. The lowest BCUT2D eigenvalue weighted by Crippen LogP contribution is -2.26. The highest BCUT2D eigenvalue weighted by Crippen LogP contribution is 2.26. The molecule has 9 heteroatoms. The van der Waals surface area contributed by atoms with Crippen LogP contribution in [0.1, 0.15) is 15.9 Å². The van der Waals surface area contributed by atoms with E-state index in [9.17, 15) is 17.9 Å². The minimum absolute atomic E-state index is 0.210. The van der Waals surface area contributed by atoms with E-state index in [1.54, 1.807) is 48.3 Å². The number of nitrogens with zero attached hydrogens (tertiary/aromatic N) is 3. The lowest BCUT2D eigenvalue weighted by molar-refractivity contribution is 0.0955. The first kappa shape index (κ1) is 21.8. The second kappa shape index (κ2) is 8.60. The van der Waals surface area contributed by atoms with E-state index in [4.69, 9.17) is 0 Å². The normalized spacial score (nSPS) is 13.1. The predicted molar refractivity (Wildman–Crippen MR) is 119 cm³/mol. The van der Waals surface area contributed by atoms with E-state index in [0.717, 1.165) is 11.8 Å². The Hall–Kier alpha value is -3.43. The number of hydrogen-bond acceptors (Lipinski definition) is 5. The van der Waals surface area contributed by atoms with Crippen LogP contribution in [0.2, 0.25) is 0 Å². The molecular weight excluding hydrogens is 431 g/mol. The number of amides is 1. The summed E-state index contributed by atoms with van der Waals surface area (Å²) in [7, 11) is -1.57. The molecule has 0 aliphatic rings. The quantitative estimate of drug-likeness (QED) is 0.452. The first-order valence-electron chi connectivity index (χ1n) is 9.88. The average molecular weight is 453 g/mol. The average Bonchev–Trinajstić information content (AvgIpc) is 3.14. The highest BCUT2D eigenvalue weighted by molar-refractivity contribution is 7.97. The van der Waals surface area contributed by atoms with Crippen LogP contribution < -0.4 is 5.32 Å². The third kappa shape index (κ3) is 4.58. The molecule has 32 heavy (non-hydrogen) atoms. The van der Waals surface area contributed by atoms with Crippen LogP contribution in [-0.2, 0) is 27.9 Å². The van der Waals surface area contributed by atoms with Crippen molar-refractivity contribution in [3.8, 4) is 11.3 Å². The van der Waals surface area contributed by atoms with Gasteiger partial charge in [0.1, 0.15) is 12.1 Å². The molecule has 0 aliphatic heterocycles. The van der Waals surface area contributed by atoms with E-state index in [1.165, 1.54) is 24.3 Å². The molecule has 0 saturated carbocycles. The second-order valence-electron chi connectivity index (χ2n) is 7.49. The maximum atomic E-state index is 13.1. The van der Waals surface area contributed by atoms with Gasteiger partial charge in [0.05, 0.1) is 33.1 Å². The smallest absolute Gasteiger partial charge is 0.252 e. The number of hydrogen-bond donors (Lipinski definition) is 1. The summed E-state index contributed by atoms with van der Waals surface area (Å²) < 4.78 is 38.1. The van der Waals surface area contributed by atoms with E-state index >= 15 is 0 Å². The van der Waals surface area contributed by atoms with Crippen LogP contribution in [0, 0.1) is 5.82 Å². The topological polar surface area (TPSA) is 99.9 Å². The van der Waals surface area contributed by atoms with Crippen molar-refractivity contribution in [3.63, 3.8) is 0 Å². The molecule has 2 heterocycles. The van der Waals surface area contributed by atoms with E-state index < -0.39 is 10.2 Å². The third-order valence-electron chi connectivity index (χ3n) is 5.14. The highest BCUT2D eigenvalue weighted by atomic mass is 32.3. The number of halogens is 1. The number of pyridine rings is 1. The maximum Gasteiger partial charge on any atom is 0.252 e. The molecule has 0 aliphatic carbocycles. The summed E-state index contributed by atoms with van der Waals surface area (Å²) in [5, 5.41) is 7.72. The van der Waals surface area contributed by atoms with Crippen LogP contribution in [0.4, 0.5) is 4.39 Å². The van der Waals surface area contributed by atoms with E-state index in [-0.39, 0.29) is 16.6 Å². The van der Waals surface area contributed by atoms with Crippen molar-refractivity contribution in [1.82, 2.24) is 20.1 Å². The predicted octanol–water partition coefficient (Wildman–Crippen LogP) is 3.37.